The minimum atomic E-state index is -0.535. The van der Waals surface area contributed by atoms with Crippen molar-refractivity contribution in [2.75, 3.05) is 33.2 Å². The van der Waals surface area contributed by atoms with E-state index in [-0.39, 0.29) is 30.7 Å². The predicted octanol–water partition coefficient (Wildman–Crippen LogP) is 3.03. The molecule has 1 fully saturated rings. The van der Waals surface area contributed by atoms with Crippen LogP contribution in [0, 0.1) is 12.8 Å². The Morgan fingerprint density at radius 1 is 1.33 bits per heavy atom. The van der Waals surface area contributed by atoms with E-state index in [4.69, 9.17) is 5.73 Å². The van der Waals surface area contributed by atoms with Gasteiger partial charge < -0.3 is 15.5 Å². The molecule has 0 aliphatic carbocycles. The summed E-state index contributed by atoms with van der Waals surface area (Å²) >= 11 is 0. The average molecular weight is 376 g/mol. The van der Waals surface area contributed by atoms with Crippen LogP contribution in [0.25, 0.3) is 0 Å². The van der Waals surface area contributed by atoms with Gasteiger partial charge in [-0.2, -0.15) is 0 Å². The van der Waals surface area contributed by atoms with Crippen LogP contribution in [0.1, 0.15) is 36.9 Å². The second-order valence-corrected chi connectivity index (χ2v) is 6.59. The van der Waals surface area contributed by atoms with Gasteiger partial charge in [0.05, 0.1) is 0 Å². The molecule has 2 rings (SSSR count). The van der Waals surface area contributed by atoms with Gasteiger partial charge in [0.2, 0.25) is 5.91 Å². The van der Waals surface area contributed by atoms with Crippen LogP contribution in [0.2, 0.25) is 0 Å². The van der Waals surface area contributed by atoms with Crippen LogP contribution in [-0.4, -0.2) is 48.9 Å². The van der Waals surface area contributed by atoms with E-state index in [1.807, 2.05) is 36.1 Å². The van der Waals surface area contributed by atoms with E-state index in [2.05, 4.69) is 18.9 Å². The molecule has 138 valence electrons. The maximum Gasteiger partial charge on any atom is 0.244 e. The van der Waals surface area contributed by atoms with Gasteiger partial charge in [0.15, 0.2) is 0 Å². The van der Waals surface area contributed by atoms with Crippen LogP contribution in [0.4, 0.5) is 0 Å². The summed E-state index contributed by atoms with van der Waals surface area (Å²) in [6.45, 7) is 8.09. The summed E-state index contributed by atoms with van der Waals surface area (Å²) < 4.78 is 0. The number of amides is 1. The molecular weight excluding hydrogens is 345 g/mol. The normalized spacial score (nSPS) is 18.0. The topological polar surface area (TPSA) is 49.6 Å². The molecule has 2 N–H and O–H groups in total. The molecule has 2 atom stereocenters. The number of nitrogens with two attached hydrogens (primary N) is 1. The lowest BCUT2D eigenvalue weighted by atomic mass is 10.0. The highest BCUT2D eigenvalue weighted by Crippen LogP contribution is 2.21. The van der Waals surface area contributed by atoms with Gasteiger partial charge in [0, 0.05) is 19.6 Å². The fraction of sp³-hybridized carbons (Fsp3) is 0.611. The van der Waals surface area contributed by atoms with Crippen LogP contribution in [-0.2, 0) is 4.79 Å². The van der Waals surface area contributed by atoms with Gasteiger partial charge in [-0.25, -0.2) is 0 Å². The largest absolute Gasteiger partial charge is 0.341 e. The molecule has 1 saturated heterocycles. The molecular formula is C18H31Cl2N3O. The molecule has 6 heteroatoms. The van der Waals surface area contributed by atoms with Gasteiger partial charge in [0.1, 0.15) is 6.04 Å². The number of carbonyl (C=O) groups is 1. The van der Waals surface area contributed by atoms with Gasteiger partial charge in [-0.1, -0.05) is 36.8 Å². The predicted molar refractivity (Wildman–Crippen MR) is 105 cm³/mol. The lowest BCUT2D eigenvalue weighted by Crippen LogP contribution is -2.38. The fourth-order valence-electron chi connectivity index (χ4n) is 3.21. The van der Waals surface area contributed by atoms with Gasteiger partial charge in [-0.3, -0.25) is 4.79 Å². The first kappa shape index (κ1) is 23.2. The second-order valence-electron chi connectivity index (χ2n) is 6.59. The summed E-state index contributed by atoms with van der Waals surface area (Å²) in [5, 5.41) is 0. The van der Waals surface area contributed by atoms with Crippen LogP contribution < -0.4 is 5.73 Å². The molecule has 0 radical (unpaired) electrons. The molecule has 1 aliphatic heterocycles. The zero-order valence-electron chi connectivity index (χ0n) is 14.9. The van der Waals surface area contributed by atoms with Crippen molar-refractivity contribution in [3.63, 3.8) is 0 Å². The Labute approximate surface area is 158 Å². The Kier molecular flexibility index (Phi) is 10.6. The van der Waals surface area contributed by atoms with Gasteiger partial charge in [-0.05, 0) is 44.8 Å². The van der Waals surface area contributed by atoms with Crippen molar-refractivity contribution in [3.8, 4) is 0 Å². The summed E-state index contributed by atoms with van der Waals surface area (Å²) in [6, 6.07) is 7.40. The van der Waals surface area contributed by atoms with Crippen LogP contribution >= 0.6 is 24.8 Å². The lowest BCUT2D eigenvalue weighted by molar-refractivity contribution is -0.131. The van der Waals surface area contributed by atoms with Crippen molar-refractivity contribution in [3.05, 3.63) is 35.4 Å². The highest BCUT2D eigenvalue weighted by Gasteiger charge is 2.30. The van der Waals surface area contributed by atoms with Crippen molar-refractivity contribution >= 4 is 30.7 Å². The van der Waals surface area contributed by atoms with E-state index in [0.717, 1.165) is 38.2 Å². The Bertz CT molecular complexity index is 496. The summed E-state index contributed by atoms with van der Waals surface area (Å²) in [5.41, 5.74) is 8.25. The third kappa shape index (κ3) is 6.25. The number of aryl methyl sites for hydroxylation is 1. The van der Waals surface area contributed by atoms with E-state index >= 15 is 0 Å². The molecule has 1 amide bonds. The lowest BCUT2D eigenvalue weighted by Gasteiger charge is -2.23. The summed E-state index contributed by atoms with van der Waals surface area (Å²) in [6.07, 6.45) is 2.25. The number of halogens is 2. The van der Waals surface area contributed by atoms with Crippen molar-refractivity contribution < 1.29 is 4.79 Å². The maximum atomic E-state index is 12.6. The second kappa shape index (κ2) is 10.9. The zero-order chi connectivity index (χ0) is 16.1. The monoisotopic (exact) mass is 375 g/mol. The molecule has 1 aliphatic rings. The van der Waals surface area contributed by atoms with Crippen molar-refractivity contribution in [1.82, 2.24) is 9.80 Å². The number of benzene rings is 1. The van der Waals surface area contributed by atoms with Crippen molar-refractivity contribution in [2.24, 2.45) is 11.7 Å². The molecule has 1 heterocycles. The fourth-order valence-corrected chi connectivity index (χ4v) is 3.21. The molecule has 4 nitrogen and oxygen atoms in total. The third-order valence-electron chi connectivity index (χ3n) is 4.48. The molecule has 24 heavy (non-hydrogen) atoms. The van der Waals surface area contributed by atoms with E-state index in [1.165, 1.54) is 12.0 Å². The first-order chi connectivity index (χ1) is 10.5. The summed E-state index contributed by atoms with van der Waals surface area (Å²) in [7, 11) is 2.16. The van der Waals surface area contributed by atoms with E-state index < -0.39 is 6.04 Å². The quantitative estimate of drug-likeness (QED) is 0.830. The zero-order valence-corrected chi connectivity index (χ0v) is 16.5. The molecule has 0 aromatic heterocycles. The molecule has 0 saturated carbocycles. The van der Waals surface area contributed by atoms with Crippen LogP contribution in [0.5, 0.6) is 0 Å². The maximum absolute atomic E-state index is 12.6. The highest BCUT2D eigenvalue weighted by molar-refractivity contribution is 5.85. The Morgan fingerprint density at radius 3 is 2.54 bits per heavy atom. The highest BCUT2D eigenvalue weighted by atomic mass is 35.5. The van der Waals surface area contributed by atoms with Crippen LogP contribution in [0.3, 0.4) is 0 Å². The molecule has 0 bridgehead atoms. The summed E-state index contributed by atoms with van der Waals surface area (Å²) in [5.74, 6) is 0.634. The number of carbonyl (C=O) groups excluding carboxylic acids is 1. The average Bonchev–Trinajstić information content (AvgIpc) is 2.95. The van der Waals surface area contributed by atoms with Crippen molar-refractivity contribution in [1.29, 1.82) is 0 Å². The van der Waals surface area contributed by atoms with E-state index in [1.54, 1.807) is 0 Å². The van der Waals surface area contributed by atoms with Gasteiger partial charge in [-0.15, -0.1) is 24.8 Å². The Balaban J connectivity index is 0.00000264. The molecule has 2 unspecified atom stereocenters. The SMILES string of the molecule is CCCN(C)CC1CCN(C(=O)C(N)c2ccc(C)cc2)C1.Cl.Cl. The van der Waals surface area contributed by atoms with Gasteiger partial charge >= 0.3 is 0 Å². The minimum Gasteiger partial charge on any atom is -0.341 e. The number of likely N-dealkylation sites (tertiary alicyclic amines) is 1. The molecule has 1 aromatic rings. The number of hydrogen-bond donors (Lipinski definition) is 1. The Morgan fingerprint density at radius 2 is 1.96 bits per heavy atom. The van der Waals surface area contributed by atoms with E-state index in [0.29, 0.717) is 5.92 Å². The number of hydrogen-bond acceptors (Lipinski definition) is 3. The summed E-state index contributed by atoms with van der Waals surface area (Å²) in [4.78, 5) is 16.9. The third-order valence-corrected chi connectivity index (χ3v) is 4.48. The number of rotatable bonds is 6. The number of nitrogens with zero attached hydrogens (tertiary/aromatic N) is 2. The molecule has 1 aromatic carbocycles. The van der Waals surface area contributed by atoms with Gasteiger partial charge in [0.25, 0.3) is 0 Å². The molecule has 0 spiro atoms. The smallest absolute Gasteiger partial charge is 0.244 e. The first-order valence-electron chi connectivity index (χ1n) is 8.30. The van der Waals surface area contributed by atoms with Crippen LogP contribution in [0.15, 0.2) is 24.3 Å². The minimum absolute atomic E-state index is 0. The van der Waals surface area contributed by atoms with Crippen molar-refractivity contribution in [2.45, 2.75) is 32.7 Å². The standard InChI is InChI=1S/C18H29N3O.2ClH/c1-4-10-20(3)12-15-9-11-21(13-15)18(22)17(19)16-7-5-14(2)6-8-16;;/h5-8,15,17H,4,9-13,19H2,1-3H3;2*1H. The Hall–Kier alpha value is -0.810. The first-order valence-corrected chi connectivity index (χ1v) is 8.30. The van der Waals surface area contributed by atoms with E-state index in [9.17, 15) is 4.79 Å².